The van der Waals surface area contributed by atoms with Crippen LogP contribution in [0.15, 0.2) is 35.4 Å². The Morgan fingerprint density at radius 1 is 1.45 bits per heavy atom. The second kappa shape index (κ2) is 6.18. The molecule has 1 heterocycles. The van der Waals surface area contributed by atoms with Gasteiger partial charge in [-0.3, -0.25) is 4.79 Å². The third-order valence-electron chi connectivity index (χ3n) is 3.22. The molecule has 0 radical (unpaired) electrons. The van der Waals surface area contributed by atoms with E-state index in [1.54, 1.807) is 6.92 Å². The van der Waals surface area contributed by atoms with Crippen molar-refractivity contribution < 1.29 is 14.3 Å². The Bertz CT molecular complexity index is 528. The minimum atomic E-state index is -0.741. The van der Waals surface area contributed by atoms with Crippen LogP contribution in [0.2, 0.25) is 0 Å². The fourth-order valence-corrected chi connectivity index (χ4v) is 2.18. The summed E-state index contributed by atoms with van der Waals surface area (Å²) in [5.74, 6) is -0.409. The first-order valence-corrected chi connectivity index (χ1v) is 6.40. The van der Waals surface area contributed by atoms with E-state index < -0.39 is 12.1 Å². The SMILES string of the molecule is C/C(=N/NC(N)=O)[C@H]1C[C@@H](Cc2ccccc2)C(=O)O1. The second-order valence-electron chi connectivity index (χ2n) is 4.78. The first-order valence-electron chi connectivity index (χ1n) is 6.40. The Morgan fingerprint density at radius 2 is 2.15 bits per heavy atom. The number of primary amides is 1. The van der Waals surface area contributed by atoms with Gasteiger partial charge in [-0.1, -0.05) is 30.3 Å². The quantitative estimate of drug-likeness (QED) is 0.491. The summed E-state index contributed by atoms with van der Waals surface area (Å²) >= 11 is 0. The van der Waals surface area contributed by atoms with Gasteiger partial charge in [0, 0.05) is 6.42 Å². The number of nitrogens with zero attached hydrogens (tertiary/aromatic N) is 1. The number of amides is 2. The molecule has 1 fully saturated rings. The molecule has 6 heteroatoms. The Kier molecular flexibility index (Phi) is 4.34. The standard InChI is InChI=1S/C14H17N3O3/c1-9(16-17-14(15)19)12-8-11(13(18)20-12)7-10-5-3-2-4-6-10/h2-6,11-12H,7-8H2,1H3,(H3,15,17,19)/b16-9-/t11-,12-/m1/s1. The summed E-state index contributed by atoms with van der Waals surface area (Å²) in [5, 5.41) is 3.80. The number of carbonyl (C=O) groups excluding carboxylic acids is 2. The van der Waals surface area contributed by atoms with Crippen LogP contribution in [-0.4, -0.2) is 23.8 Å². The number of hydrazone groups is 1. The zero-order chi connectivity index (χ0) is 14.5. The number of rotatable bonds is 4. The molecular weight excluding hydrogens is 258 g/mol. The van der Waals surface area contributed by atoms with E-state index in [2.05, 4.69) is 10.5 Å². The van der Waals surface area contributed by atoms with Crippen molar-refractivity contribution in [3.05, 3.63) is 35.9 Å². The summed E-state index contributed by atoms with van der Waals surface area (Å²) < 4.78 is 5.28. The molecular formula is C14H17N3O3. The molecule has 2 rings (SSSR count). The second-order valence-corrected chi connectivity index (χ2v) is 4.78. The molecule has 0 bridgehead atoms. The Hall–Kier alpha value is -2.37. The third-order valence-corrected chi connectivity index (χ3v) is 3.22. The molecule has 0 spiro atoms. The average molecular weight is 275 g/mol. The molecule has 0 aliphatic carbocycles. The van der Waals surface area contributed by atoms with Gasteiger partial charge in [-0.2, -0.15) is 5.10 Å². The van der Waals surface area contributed by atoms with Gasteiger partial charge < -0.3 is 10.5 Å². The molecule has 0 unspecified atom stereocenters. The Labute approximate surface area is 117 Å². The summed E-state index contributed by atoms with van der Waals surface area (Å²) in [5.41, 5.74) is 8.70. The average Bonchev–Trinajstić information content (AvgIpc) is 2.79. The maximum atomic E-state index is 11.8. The van der Waals surface area contributed by atoms with Crippen LogP contribution in [0.25, 0.3) is 0 Å². The van der Waals surface area contributed by atoms with E-state index in [-0.39, 0.29) is 11.9 Å². The number of cyclic esters (lactones) is 1. The lowest BCUT2D eigenvalue weighted by molar-refractivity contribution is -0.142. The largest absolute Gasteiger partial charge is 0.456 e. The van der Waals surface area contributed by atoms with Crippen molar-refractivity contribution >= 4 is 17.7 Å². The number of esters is 1. The van der Waals surface area contributed by atoms with Gasteiger partial charge in [0.05, 0.1) is 11.6 Å². The molecule has 1 aromatic carbocycles. The van der Waals surface area contributed by atoms with Crippen molar-refractivity contribution in [2.45, 2.75) is 25.9 Å². The predicted molar refractivity (Wildman–Crippen MR) is 74.0 cm³/mol. The minimum absolute atomic E-state index is 0.180. The Morgan fingerprint density at radius 3 is 2.80 bits per heavy atom. The van der Waals surface area contributed by atoms with E-state index in [4.69, 9.17) is 10.5 Å². The number of nitrogens with one attached hydrogen (secondary N) is 1. The highest BCUT2D eigenvalue weighted by Crippen LogP contribution is 2.25. The molecule has 1 saturated heterocycles. The highest BCUT2D eigenvalue weighted by atomic mass is 16.6. The predicted octanol–water partition coefficient (Wildman–Crippen LogP) is 1.20. The van der Waals surface area contributed by atoms with Crippen LogP contribution in [0, 0.1) is 5.92 Å². The summed E-state index contributed by atoms with van der Waals surface area (Å²) in [6, 6.07) is 9.04. The highest BCUT2D eigenvalue weighted by Gasteiger charge is 2.35. The van der Waals surface area contributed by atoms with Crippen LogP contribution < -0.4 is 11.2 Å². The molecule has 106 valence electrons. The van der Waals surface area contributed by atoms with Gasteiger partial charge in [-0.25, -0.2) is 10.2 Å². The van der Waals surface area contributed by atoms with Crippen LogP contribution in [0.5, 0.6) is 0 Å². The van der Waals surface area contributed by atoms with Gasteiger partial charge in [0.1, 0.15) is 6.10 Å². The normalized spacial score (nSPS) is 22.4. The maximum absolute atomic E-state index is 11.8. The monoisotopic (exact) mass is 275 g/mol. The Balaban J connectivity index is 1.97. The van der Waals surface area contributed by atoms with E-state index in [9.17, 15) is 9.59 Å². The molecule has 6 nitrogen and oxygen atoms in total. The fraction of sp³-hybridized carbons (Fsp3) is 0.357. The highest BCUT2D eigenvalue weighted by molar-refractivity contribution is 5.92. The van der Waals surface area contributed by atoms with Crippen LogP contribution in [-0.2, 0) is 16.0 Å². The van der Waals surface area contributed by atoms with E-state index in [1.165, 1.54) is 0 Å². The molecule has 1 aliphatic rings. The maximum Gasteiger partial charge on any atom is 0.332 e. The van der Waals surface area contributed by atoms with Crippen molar-refractivity contribution in [2.75, 3.05) is 0 Å². The van der Waals surface area contributed by atoms with Crippen molar-refractivity contribution in [1.29, 1.82) is 0 Å². The smallest absolute Gasteiger partial charge is 0.332 e. The van der Waals surface area contributed by atoms with E-state index in [1.807, 2.05) is 30.3 Å². The molecule has 0 aromatic heterocycles. The lowest BCUT2D eigenvalue weighted by Crippen LogP contribution is -2.28. The molecule has 0 saturated carbocycles. The molecule has 2 atom stereocenters. The van der Waals surface area contributed by atoms with E-state index in [0.29, 0.717) is 18.6 Å². The number of hydrogen-bond donors (Lipinski definition) is 2. The summed E-state index contributed by atoms with van der Waals surface area (Å²) in [4.78, 5) is 22.4. The van der Waals surface area contributed by atoms with Gasteiger partial charge in [-0.05, 0) is 18.9 Å². The lowest BCUT2D eigenvalue weighted by Gasteiger charge is -2.07. The molecule has 3 N–H and O–H groups in total. The van der Waals surface area contributed by atoms with Crippen LogP contribution in [0.3, 0.4) is 0 Å². The number of hydrogen-bond acceptors (Lipinski definition) is 4. The molecule has 1 aliphatic heterocycles. The summed E-state index contributed by atoms with van der Waals surface area (Å²) in [6.07, 6.45) is 0.805. The van der Waals surface area contributed by atoms with Crippen LogP contribution >= 0.6 is 0 Å². The molecule has 1 aromatic rings. The van der Waals surface area contributed by atoms with Crippen LogP contribution in [0.4, 0.5) is 4.79 Å². The van der Waals surface area contributed by atoms with Gasteiger partial charge >= 0.3 is 12.0 Å². The number of nitrogens with two attached hydrogens (primary N) is 1. The summed E-state index contributed by atoms with van der Waals surface area (Å²) in [7, 11) is 0. The zero-order valence-electron chi connectivity index (χ0n) is 11.2. The molecule has 2 amide bonds. The zero-order valence-corrected chi connectivity index (χ0v) is 11.2. The van der Waals surface area contributed by atoms with Gasteiger partial charge in [0.2, 0.25) is 0 Å². The minimum Gasteiger partial charge on any atom is -0.456 e. The number of benzene rings is 1. The topological polar surface area (TPSA) is 93.8 Å². The fourth-order valence-electron chi connectivity index (χ4n) is 2.18. The van der Waals surface area contributed by atoms with Gasteiger partial charge in [0.25, 0.3) is 0 Å². The van der Waals surface area contributed by atoms with Crippen molar-refractivity contribution in [3.63, 3.8) is 0 Å². The van der Waals surface area contributed by atoms with E-state index in [0.717, 1.165) is 5.56 Å². The van der Waals surface area contributed by atoms with Crippen molar-refractivity contribution in [1.82, 2.24) is 5.43 Å². The lowest BCUT2D eigenvalue weighted by atomic mass is 9.95. The van der Waals surface area contributed by atoms with E-state index >= 15 is 0 Å². The first kappa shape index (κ1) is 14.0. The summed E-state index contributed by atoms with van der Waals surface area (Å²) in [6.45, 7) is 1.69. The van der Waals surface area contributed by atoms with Crippen molar-refractivity contribution in [2.24, 2.45) is 16.8 Å². The van der Waals surface area contributed by atoms with Gasteiger partial charge in [0.15, 0.2) is 0 Å². The van der Waals surface area contributed by atoms with Crippen molar-refractivity contribution in [3.8, 4) is 0 Å². The molecule has 20 heavy (non-hydrogen) atoms. The number of ether oxygens (including phenoxy) is 1. The number of urea groups is 1. The third kappa shape index (κ3) is 3.57. The van der Waals surface area contributed by atoms with Crippen LogP contribution in [0.1, 0.15) is 18.9 Å². The van der Waals surface area contributed by atoms with Gasteiger partial charge in [-0.15, -0.1) is 0 Å². The first-order chi connectivity index (χ1) is 9.56. The number of carbonyl (C=O) groups is 2.